The van der Waals surface area contributed by atoms with Crippen LogP contribution in [0.1, 0.15) is 124 Å². The van der Waals surface area contributed by atoms with Gasteiger partial charge in [0.15, 0.2) is 0 Å². The molecule has 27 heavy (non-hydrogen) atoms. The zero-order valence-electron chi connectivity index (χ0n) is 18.8. The van der Waals surface area contributed by atoms with Crippen molar-refractivity contribution < 1.29 is 9.90 Å². The average molecular weight is 381 g/mol. The highest BCUT2D eigenvalue weighted by molar-refractivity contribution is 5.66. The second-order valence-corrected chi connectivity index (χ2v) is 9.21. The molecule has 0 aromatic heterocycles. The van der Waals surface area contributed by atoms with E-state index in [2.05, 4.69) is 39.8 Å². The van der Waals surface area contributed by atoms with E-state index in [9.17, 15) is 4.79 Å². The van der Waals surface area contributed by atoms with Gasteiger partial charge in [0.2, 0.25) is 0 Å². The fraction of sp³-hybridized carbons (Fsp3) is 0.880. The highest BCUT2D eigenvalue weighted by Gasteiger charge is 2.06. The van der Waals surface area contributed by atoms with Crippen molar-refractivity contribution in [3.05, 3.63) is 12.2 Å². The number of unbranched alkanes of at least 4 members (excludes halogenated alkanes) is 5. The van der Waals surface area contributed by atoms with Gasteiger partial charge in [0, 0.05) is 6.42 Å². The summed E-state index contributed by atoms with van der Waals surface area (Å²) in [6, 6.07) is 0. The molecule has 0 saturated carbocycles. The van der Waals surface area contributed by atoms with Gasteiger partial charge in [-0.2, -0.15) is 0 Å². The lowest BCUT2D eigenvalue weighted by atomic mass is 9.92. The Bertz CT molecular complexity index is 359. The minimum Gasteiger partial charge on any atom is -0.481 e. The van der Waals surface area contributed by atoms with Crippen molar-refractivity contribution in [2.45, 2.75) is 124 Å². The molecule has 0 aliphatic rings. The second-order valence-electron chi connectivity index (χ2n) is 9.21. The van der Waals surface area contributed by atoms with Crippen LogP contribution >= 0.6 is 0 Å². The number of allylic oxidation sites excluding steroid dienone is 2. The van der Waals surface area contributed by atoms with Crippen LogP contribution in [0.4, 0.5) is 0 Å². The predicted octanol–water partition coefficient (Wildman–Crippen LogP) is 8.41. The molecule has 0 heterocycles. The normalized spacial score (nSPS) is 14.1. The number of carboxylic acid groups (broad SMARTS) is 1. The summed E-state index contributed by atoms with van der Waals surface area (Å²) in [5, 5.41) is 8.57. The van der Waals surface area contributed by atoms with Crippen LogP contribution in [0, 0.1) is 17.8 Å². The summed E-state index contributed by atoms with van der Waals surface area (Å²) in [6.45, 7) is 9.53. The number of carboxylic acids is 1. The molecule has 1 N–H and O–H groups in total. The molecule has 0 rings (SSSR count). The van der Waals surface area contributed by atoms with Crippen LogP contribution in [-0.4, -0.2) is 11.1 Å². The first-order valence-electron chi connectivity index (χ1n) is 11.8. The summed E-state index contributed by atoms with van der Waals surface area (Å²) in [4.78, 5) is 10.4. The van der Waals surface area contributed by atoms with Crippen molar-refractivity contribution >= 4 is 5.97 Å². The first-order valence-corrected chi connectivity index (χ1v) is 11.8. The first kappa shape index (κ1) is 26.2. The quantitative estimate of drug-likeness (QED) is 0.180. The molecule has 2 nitrogen and oxygen atoms in total. The Hall–Kier alpha value is -0.790. The van der Waals surface area contributed by atoms with E-state index in [1.54, 1.807) is 0 Å². The van der Waals surface area contributed by atoms with E-state index in [1.165, 1.54) is 70.6 Å². The van der Waals surface area contributed by atoms with Crippen molar-refractivity contribution in [3.63, 3.8) is 0 Å². The van der Waals surface area contributed by atoms with Gasteiger partial charge < -0.3 is 5.11 Å². The lowest BCUT2D eigenvalue weighted by Gasteiger charge is -2.15. The zero-order chi connectivity index (χ0) is 20.3. The van der Waals surface area contributed by atoms with Crippen LogP contribution in [-0.2, 0) is 4.79 Å². The van der Waals surface area contributed by atoms with Gasteiger partial charge in [-0.3, -0.25) is 4.79 Å². The topological polar surface area (TPSA) is 37.3 Å². The summed E-state index contributed by atoms with van der Waals surface area (Å²) < 4.78 is 0. The highest BCUT2D eigenvalue weighted by Crippen LogP contribution is 2.21. The molecule has 0 amide bonds. The largest absolute Gasteiger partial charge is 0.481 e. The number of hydrogen-bond acceptors (Lipinski definition) is 1. The molecule has 0 radical (unpaired) electrons. The van der Waals surface area contributed by atoms with Crippen LogP contribution in [0.15, 0.2) is 12.2 Å². The fourth-order valence-corrected chi connectivity index (χ4v) is 3.69. The third kappa shape index (κ3) is 21.4. The van der Waals surface area contributed by atoms with Gasteiger partial charge >= 0.3 is 5.97 Å². The number of hydrogen-bond donors (Lipinski definition) is 1. The molecule has 0 aromatic carbocycles. The van der Waals surface area contributed by atoms with E-state index in [0.29, 0.717) is 6.42 Å². The van der Waals surface area contributed by atoms with E-state index in [-0.39, 0.29) is 0 Å². The maximum absolute atomic E-state index is 10.4. The molecule has 2 heteroatoms. The molecule has 0 spiro atoms. The minimum absolute atomic E-state index is 0.291. The molecule has 2 unspecified atom stereocenters. The number of aliphatic carboxylic acids is 1. The van der Waals surface area contributed by atoms with Crippen molar-refractivity contribution in [3.8, 4) is 0 Å². The Morgan fingerprint density at radius 1 is 0.667 bits per heavy atom. The Kier molecular flexibility index (Phi) is 18.0. The predicted molar refractivity (Wildman–Crippen MR) is 119 cm³/mol. The molecule has 160 valence electrons. The monoisotopic (exact) mass is 380 g/mol. The van der Waals surface area contributed by atoms with E-state index in [0.717, 1.165) is 37.0 Å². The summed E-state index contributed by atoms with van der Waals surface area (Å²) >= 11 is 0. The van der Waals surface area contributed by atoms with Gasteiger partial charge in [-0.1, -0.05) is 104 Å². The average Bonchev–Trinajstić information content (AvgIpc) is 2.59. The smallest absolute Gasteiger partial charge is 0.303 e. The van der Waals surface area contributed by atoms with Crippen molar-refractivity contribution in [2.75, 3.05) is 0 Å². The maximum atomic E-state index is 10.4. The van der Waals surface area contributed by atoms with Crippen molar-refractivity contribution in [1.82, 2.24) is 0 Å². The summed E-state index contributed by atoms with van der Waals surface area (Å²) in [6.07, 6.45) is 22.7. The van der Waals surface area contributed by atoms with Crippen LogP contribution in [0.2, 0.25) is 0 Å². The number of rotatable bonds is 19. The SMILES string of the molecule is CC(C)CCCC(C)CCCC(C)CCCCCCC=CCCCC(=O)O. The van der Waals surface area contributed by atoms with Gasteiger partial charge in [-0.25, -0.2) is 0 Å². The standard InChI is InChI=1S/C25H48O2/c1-22(2)16-14-18-24(4)20-15-19-23(3)17-12-10-8-6-5-7-9-11-13-21-25(26)27/h7,9,22-24H,5-6,8,10-21H2,1-4H3,(H,26,27). The van der Waals surface area contributed by atoms with E-state index in [4.69, 9.17) is 5.11 Å². The van der Waals surface area contributed by atoms with E-state index >= 15 is 0 Å². The van der Waals surface area contributed by atoms with E-state index < -0.39 is 5.97 Å². The molecule has 0 aromatic rings. The van der Waals surface area contributed by atoms with Gasteiger partial charge in [0.25, 0.3) is 0 Å². The third-order valence-corrected chi connectivity index (χ3v) is 5.62. The molecule has 0 aliphatic carbocycles. The molecular weight excluding hydrogens is 332 g/mol. The third-order valence-electron chi connectivity index (χ3n) is 5.62. The van der Waals surface area contributed by atoms with Gasteiger partial charge in [0.1, 0.15) is 0 Å². The Labute approximate surface area is 170 Å². The minimum atomic E-state index is -0.686. The van der Waals surface area contributed by atoms with E-state index in [1.807, 2.05) is 0 Å². The zero-order valence-corrected chi connectivity index (χ0v) is 18.8. The van der Waals surface area contributed by atoms with Crippen LogP contribution in [0.5, 0.6) is 0 Å². The van der Waals surface area contributed by atoms with Crippen LogP contribution in [0.3, 0.4) is 0 Å². The van der Waals surface area contributed by atoms with Crippen LogP contribution in [0.25, 0.3) is 0 Å². The number of carbonyl (C=O) groups is 1. The summed E-state index contributed by atoms with van der Waals surface area (Å²) in [7, 11) is 0. The Morgan fingerprint density at radius 3 is 1.70 bits per heavy atom. The highest BCUT2D eigenvalue weighted by atomic mass is 16.4. The molecule has 0 fully saturated rings. The second kappa shape index (κ2) is 18.6. The Morgan fingerprint density at radius 2 is 1.15 bits per heavy atom. The van der Waals surface area contributed by atoms with Gasteiger partial charge in [-0.15, -0.1) is 0 Å². The van der Waals surface area contributed by atoms with Crippen molar-refractivity contribution in [1.29, 1.82) is 0 Å². The maximum Gasteiger partial charge on any atom is 0.303 e. The Balaban J connectivity index is 3.37. The first-order chi connectivity index (χ1) is 12.9. The molecular formula is C25H48O2. The molecule has 0 aliphatic heterocycles. The molecule has 0 bridgehead atoms. The molecule has 0 saturated heterocycles. The summed E-state index contributed by atoms with van der Waals surface area (Å²) in [5.74, 6) is 1.97. The van der Waals surface area contributed by atoms with Gasteiger partial charge in [-0.05, 0) is 43.4 Å². The lowest BCUT2D eigenvalue weighted by Crippen LogP contribution is -2.00. The molecule has 2 atom stereocenters. The van der Waals surface area contributed by atoms with Crippen LogP contribution < -0.4 is 0 Å². The summed E-state index contributed by atoms with van der Waals surface area (Å²) in [5.41, 5.74) is 0. The van der Waals surface area contributed by atoms with Gasteiger partial charge in [0.05, 0.1) is 0 Å². The fourth-order valence-electron chi connectivity index (χ4n) is 3.69. The lowest BCUT2D eigenvalue weighted by molar-refractivity contribution is -0.137. The van der Waals surface area contributed by atoms with Crippen molar-refractivity contribution in [2.24, 2.45) is 17.8 Å².